The van der Waals surface area contributed by atoms with Crippen molar-refractivity contribution >= 4 is 5.91 Å². The van der Waals surface area contributed by atoms with Crippen molar-refractivity contribution in [3.8, 4) is 6.07 Å². The highest BCUT2D eigenvalue weighted by molar-refractivity contribution is 5.94. The number of benzene rings is 2. The normalized spacial score (nSPS) is 10.0. The fraction of sp³-hybridized carbons (Fsp3) is 0.176. The minimum Gasteiger partial charge on any atom is -0.337 e. The third-order valence-corrected chi connectivity index (χ3v) is 3.17. The molecule has 0 bridgehead atoms. The van der Waals surface area contributed by atoms with Gasteiger partial charge < -0.3 is 4.90 Å². The Hall–Kier alpha value is -2.67. The summed E-state index contributed by atoms with van der Waals surface area (Å²) in [6, 6.07) is 13.5. The van der Waals surface area contributed by atoms with Crippen LogP contribution in [-0.2, 0) is 6.54 Å². The highest BCUT2D eigenvalue weighted by atomic mass is 19.1. The molecular formula is C17H15FN2O. The predicted octanol–water partition coefficient (Wildman–Crippen LogP) is 3.28. The van der Waals surface area contributed by atoms with Crippen LogP contribution in [0.4, 0.5) is 4.39 Å². The molecule has 0 N–H and O–H groups in total. The molecule has 0 aromatic heterocycles. The summed E-state index contributed by atoms with van der Waals surface area (Å²) in [5, 5.41) is 8.87. The first-order valence-corrected chi connectivity index (χ1v) is 6.52. The second-order valence-electron chi connectivity index (χ2n) is 4.96. The van der Waals surface area contributed by atoms with E-state index >= 15 is 0 Å². The van der Waals surface area contributed by atoms with E-state index in [1.165, 1.54) is 11.0 Å². The summed E-state index contributed by atoms with van der Waals surface area (Å²) in [7, 11) is 1.61. The lowest BCUT2D eigenvalue weighted by atomic mass is 10.1. The van der Waals surface area contributed by atoms with Crippen molar-refractivity contribution in [1.29, 1.82) is 5.26 Å². The molecule has 2 aromatic carbocycles. The van der Waals surface area contributed by atoms with Gasteiger partial charge in [0.2, 0.25) is 0 Å². The van der Waals surface area contributed by atoms with Gasteiger partial charge >= 0.3 is 0 Å². The Labute approximate surface area is 123 Å². The van der Waals surface area contributed by atoms with Gasteiger partial charge in [-0.2, -0.15) is 5.26 Å². The molecule has 0 saturated carbocycles. The molecule has 106 valence electrons. The number of hydrogen-bond donors (Lipinski definition) is 0. The van der Waals surface area contributed by atoms with Crippen LogP contribution in [0.25, 0.3) is 0 Å². The van der Waals surface area contributed by atoms with Crippen molar-refractivity contribution in [2.75, 3.05) is 7.05 Å². The number of halogens is 1. The number of nitrogens with zero attached hydrogens (tertiary/aromatic N) is 2. The van der Waals surface area contributed by atoms with E-state index in [9.17, 15) is 9.18 Å². The molecule has 21 heavy (non-hydrogen) atoms. The molecule has 0 aliphatic carbocycles. The third kappa shape index (κ3) is 3.46. The number of nitriles is 1. The molecule has 0 fully saturated rings. The van der Waals surface area contributed by atoms with Crippen molar-refractivity contribution in [3.63, 3.8) is 0 Å². The fourth-order valence-electron chi connectivity index (χ4n) is 2.09. The van der Waals surface area contributed by atoms with E-state index < -0.39 is 5.82 Å². The van der Waals surface area contributed by atoms with Crippen molar-refractivity contribution in [1.82, 2.24) is 4.90 Å². The summed E-state index contributed by atoms with van der Waals surface area (Å²) in [4.78, 5) is 13.7. The molecule has 0 spiro atoms. The van der Waals surface area contributed by atoms with Crippen LogP contribution in [0.5, 0.6) is 0 Å². The molecule has 0 heterocycles. The first kappa shape index (κ1) is 14.7. The molecule has 2 rings (SSSR count). The Morgan fingerprint density at radius 3 is 2.76 bits per heavy atom. The molecule has 0 atom stereocenters. The van der Waals surface area contributed by atoms with Gasteiger partial charge in [-0.1, -0.05) is 23.8 Å². The summed E-state index contributed by atoms with van der Waals surface area (Å²) >= 11 is 0. The Bertz CT molecular complexity index is 719. The lowest BCUT2D eigenvalue weighted by Gasteiger charge is -2.18. The number of aryl methyl sites for hydroxylation is 1. The van der Waals surface area contributed by atoms with Crippen molar-refractivity contribution in [3.05, 3.63) is 70.5 Å². The van der Waals surface area contributed by atoms with Crippen molar-refractivity contribution < 1.29 is 9.18 Å². The van der Waals surface area contributed by atoms with Crippen molar-refractivity contribution in [2.45, 2.75) is 13.5 Å². The Morgan fingerprint density at radius 1 is 1.29 bits per heavy atom. The molecule has 4 heteroatoms. The van der Waals surface area contributed by atoms with Crippen LogP contribution in [0.1, 0.15) is 27.0 Å². The van der Waals surface area contributed by atoms with Gasteiger partial charge in [-0.05, 0) is 36.8 Å². The minimum absolute atomic E-state index is 0.0638. The molecule has 0 saturated heterocycles. The van der Waals surface area contributed by atoms with Gasteiger partial charge in [-0.3, -0.25) is 4.79 Å². The third-order valence-electron chi connectivity index (χ3n) is 3.17. The van der Waals surface area contributed by atoms with Gasteiger partial charge in [-0.15, -0.1) is 0 Å². The average Bonchev–Trinajstić information content (AvgIpc) is 2.49. The van der Waals surface area contributed by atoms with Crippen LogP contribution in [-0.4, -0.2) is 17.9 Å². The minimum atomic E-state index is -0.525. The first-order valence-electron chi connectivity index (χ1n) is 6.52. The molecule has 0 unspecified atom stereocenters. The molecule has 2 aromatic rings. The Kier molecular flexibility index (Phi) is 4.34. The van der Waals surface area contributed by atoms with E-state index in [-0.39, 0.29) is 11.5 Å². The van der Waals surface area contributed by atoms with Gasteiger partial charge in [-0.25, -0.2) is 4.39 Å². The summed E-state index contributed by atoms with van der Waals surface area (Å²) < 4.78 is 13.7. The maximum atomic E-state index is 13.7. The van der Waals surface area contributed by atoms with Crippen LogP contribution >= 0.6 is 0 Å². The standard InChI is InChI=1S/C17H15FN2O/c1-12-6-7-16(18)15(8-12)17(21)20(2)11-14-5-3-4-13(9-14)10-19/h3-9H,11H2,1-2H3. The van der Waals surface area contributed by atoms with E-state index in [0.29, 0.717) is 12.1 Å². The largest absolute Gasteiger partial charge is 0.337 e. The van der Waals surface area contributed by atoms with Gasteiger partial charge in [0, 0.05) is 13.6 Å². The zero-order chi connectivity index (χ0) is 15.4. The summed E-state index contributed by atoms with van der Waals surface area (Å²) in [6.45, 7) is 2.13. The van der Waals surface area contributed by atoms with Gasteiger partial charge in [0.05, 0.1) is 17.2 Å². The summed E-state index contributed by atoms with van der Waals surface area (Å²) in [5.74, 6) is -0.901. The van der Waals surface area contributed by atoms with Crippen LogP contribution in [0.15, 0.2) is 42.5 Å². The molecule has 0 aliphatic heterocycles. The number of hydrogen-bond acceptors (Lipinski definition) is 2. The first-order chi connectivity index (χ1) is 10.0. The summed E-state index contributed by atoms with van der Waals surface area (Å²) in [5.41, 5.74) is 2.27. The smallest absolute Gasteiger partial charge is 0.256 e. The molecule has 3 nitrogen and oxygen atoms in total. The lowest BCUT2D eigenvalue weighted by Crippen LogP contribution is -2.27. The predicted molar refractivity (Wildman–Crippen MR) is 78.1 cm³/mol. The lowest BCUT2D eigenvalue weighted by molar-refractivity contribution is 0.0780. The highest BCUT2D eigenvalue weighted by Gasteiger charge is 2.16. The zero-order valence-electron chi connectivity index (χ0n) is 11.9. The number of carbonyl (C=O) groups excluding carboxylic acids is 1. The molecule has 0 aliphatic rings. The van der Waals surface area contributed by atoms with Gasteiger partial charge in [0.25, 0.3) is 5.91 Å². The maximum Gasteiger partial charge on any atom is 0.256 e. The molecule has 0 radical (unpaired) electrons. The van der Waals surface area contributed by atoms with E-state index in [1.807, 2.05) is 13.0 Å². The molecular weight excluding hydrogens is 267 g/mol. The zero-order valence-corrected chi connectivity index (χ0v) is 11.9. The monoisotopic (exact) mass is 282 g/mol. The number of carbonyl (C=O) groups is 1. The maximum absolute atomic E-state index is 13.7. The van der Waals surface area contributed by atoms with Crippen LogP contribution in [0, 0.1) is 24.1 Å². The topological polar surface area (TPSA) is 44.1 Å². The second kappa shape index (κ2) is 6.19. The SMILES string of the molecule is Cc1ccc(F)c(C(=O)N(C)Cc2cccc(C#N)c2)c1. The van der Waals surface area contributed by atoms with E-state index in [4.69, 9.17) is 5.26 Å². The van der Waals surface area contributed by atoms with E-state index in [2.05, 4.69) is 6.07 Å². The second-order valence-corrected chi connectivity index (χ2v) is 4.96. The van der Waals surface area contributed by atoms with E-state index in [1.54, 1.807) is 37.4 Å². The molecule has 1 amide bonds. The quantitative estimate of drug-likeness (QED) is 0.867. The highest BCUT2D eigenvalue weighted by Crippen LogP contribution is 2.14. The summed E-state index contributed by atoms with van der Waals surface area (Å²) in [6.07, 6.45) is 0. The van der Waals surface area contributed by atoms with Crippen LogP contribution in [0.3, 0.4) is 0 Å². The number of amides is 1. The fourth-order valence-corrected chi connectivity index (χ4v) is 2.09. The van der Waals surface area contributed by atoms with E-state index in [0.717, 1.165) is 11.1 Å². The van der Waals surface area contributed by atoms with Crippen LogP contribution < -0.4 is 0 Å². The Balaban J connectivity index is 2.19. The van der Waals surface area contributed by atoms with Gasteiger partial charge in [0.15, 0.2) is 0 Å². The Morgan fingerprint density at radius 2 is 2.05 bits per heavy atom. The van der Waals surface area contributed by atoms with Gasteiger partial charge in [0.1, 0.15) is 5.82 Å². The number of rotatable bonds is 3. The van der Waals surface area contributed by atoms with Crippen LogP contribution in [0.2, 0.25) is 0 Å². The average molecular weight is 282 g/mol. The van der Waals surface area contributed by atoms with Crippen molar-refractivity contribution in [2.24, 2.45) is 0 Å².